The first-order valence-corrected chi connectivity index (χ1v) is 9.26. The van der Waals surface area contributed by atoms with E-state index in [4.69, 9.17) is 21.1 Å². The highest BCUT2D eigenvalue weighted by Gasteiger charge is 2.24. The molecular formula is C20H13ClN2O3S. The molecule has 1 aliphatic heterocycles. The van der Waals surface area contributed by atoms with Crippen molar-refractivity contribution < 1.29 is 14.3 Å². The minimum absolute atomic E-state index is 0.216. The van der Waals surface area contributed by atoms with Gasteiger partial charge in [-0.05, 0) is 42.5 Å². The summed E-state index contributed by atoms with van der Waals surface area (Å²) in [6.07, 6.45) is 1.62. The van der Waals surface area contributed by atoms with Crippen LogP contribution in [0, 0.1) is 0 Å². The van der Waals surface area contributed by atoms with Crippen molar-refractivity contribution in [3.63, 3.8) is 0 Å². The van der Waals surface area contributed by atoms with Gasteiger partial charge in [-0.1, -0.05) is 23.7 Å². The highest BCUT2D eigenvalue weighted by Crippen LogP contribution is 2.27. The lowest BCUT2D eigenvalue weighted by Crippen LogP contribution is -2.05. The third kappa shape index (κ3) is 3.77. The summed E-state index contributed by atoms with van der Waals surface area (Å²) in [7, 11) is 1.59. The van der Waals surface area contributed by atoms with E-state index in [2.05, 4.69) is 9.98 Å². The molecule has 0 amide bonds. The number of carbonyl (C=O) groups excluding carboxylic acids is 1. The Labute approximate surface area is 164 Å². The van der Waals surface area contributed by atoms with Crippen molar-refractivity contribution in [1.29, 1.82) is 0 Å². The summed E-state index contributed by atoms with van der Waals surface area (Å²) in [6.45, 7) is 0. The molecule has 1 aromatic heterocycles. The number of thiazole rings is 1. The van der Waals surface area contributed by atoms with Gasteiger partial charge >= 0.3 is 5.97 Å². The Hall–Kier alpha value is -2.96. The molecule has 134 valence electrons. The Bertz CT molecular complexity index is 1050. The Morgan fingerprint density at radius 3 is 2.48 bits per heavy atom. The van der Waals surface area contributed by atoms with Crippen molar-refractivity contribution in [3.05, 3.63) is 75.9 Å². The normalized spacial score (nSPS) is 15.0. The first-order valence-electron chi connectivity index (χ1n) is 8.01. The van der Waals surface area contributed by atoms with Crippen molar-refractivity contribution in [1.82, 2.24) is 4.98 Å². The summed E-state index contributed by atoms with van der Waals surface area (Å²) in [4.78, 5) is 21.0. The van der Waals surface area contributed by atoms with Crippen LogP contribution in [0.3, 0.4) is 0 Å². The first-order chi connectivity index (χ1) is 13.1. The molecule has 2 heterocycles. The molecule has 0 N–H and O–H groups in total. The predicted molar refractivity (Wildman–Crippen MR) is 106 cm³/mol. The number of hydrogen-bond donors (Lipinski definition) is 0. The van der Waals surface area contributed by atoms with E-state index in [1.165, 1.54) is 11.3 Å². The lowest BCUT2D eigenvalue weighted by atomic mass is 10.2. The number of esters is 1. The highest BCUT2D eigenvalue weighted by molar-refractivity contribution is 7.13. The Balaban J connectivity index is 1.59. The van der Waals surface area contributed by atoms with Gasteiger partial charge in [0, 0.05) is 21.5 Å². The number of ether oxygens (including phenoxy) is 2. The van der Waals surface area contributed by atoms with Crippen LogP contribution in [0.5, 0.6) is 5.75 Å². The Morgan fingerprint density at radius 2 is 1.78 bits per heavy atom. The summed E-state index contributed by atoms with van der Waals surface area (Å²) < 4.78 is 10.4. The van der Waals surface area contributed by atoms with Crippen LogP contribution in [0.4, 0.5) is 0 Å². The Kier molecular flexibility index (Phi) is 4.75. The summed E-state index contributed by atoms with van der Waals surface area (Å²) >= 11 is 7.40. The number of hydrogen-bond acceptors (Lipinski definition) is 6. The predicted octanol–water partition coefficient (Wildman–Crippen LogP) is 4.82. The molecule has 7 heteroatoms. The van der Waals surface area contributed by atoms with Crippen molar-refractivity contribution in [2.24, 2.45) is 4.99 Å². The average Bonchev–Trinajstić information content (AvgIpc) is 3.30. The van der Waals surface area contributed by atoms with Crippen molar-refractivity contribution in [3.8, 4) is 16.3 Å². The minimum Gasteiger partial charge on any atom is -0.497 e. The van der Waals surface area contributed by atoms with Crippen molar-refractivity contribution >= 4 is 40.9 Å². The Morgan fingerprint density at radius 1 is 1.07 bits per heavy atom. The van der Waals surface area contributed by atoms with E-state index in [0.717, 1.165) is 16.3 Å². The van der Waals surface area contributed by atoms with Crippen molar-refractivity contribution in [2.75, 3.05) is 7.11 Å². The largest absolute Gasteiger partial charge is 0.497 e. The summed E-state index contributed by atoms with van der Waals surface area (Å²) in [5, 5.41) is 3.38. The maximum atomic E-state index is 12.1. The zero-order chi connectivity index (χ0) is 18.8. The molecule has 0 unspecified atom stereocenters. The fourth-order valence-corrected chi connectivity index (χ4v) is 3.39. The number of cyclic esters (lactones) is 1. The quantitative estimate of drug-likeness (QED) is 0.468. The smallest absolute Gasteiger partial charge is 0.363 e. The minimum atomic E-state index is -0.498. The van der Waals surface area contributed by atoms with Crippen LogP contribution in [0.15, 0.2) is 64.6 Å². The van der Waals surface area contributed by atoms with Gasteiger partial charge in [-0.2, -0.15) is 0 Å². The number of methoxy groups -OCH3 is 1. The standard InChI is InChI=1S/C20H13ClN2O3S/c1-25-16-8-4-12(5-9-16)18-23-17(20(24)26-18)10-15-11-27-19(22-15)13-2-6-14(21)7-3-13/h2-11H,1H3/b17-10-. The van der Waals surface area contributed by atoms with Gasteiger partial charge in [-0.25, -0.2) is 14.8 Å². The van der Waals surface area contributed by atoms with Gasteiger partial charge in [0.15, 0.2) is 5.70 Å². The topological polar surface area (TPSA) is 60.8 Å². The second-order valence-electron chi connectivity index (χ2n) is 5.65. The van der Waals surface area contributed by atoms with Crippen LogP contribution in [0.2, 0.25) is 5.02 Å². The SMILES string of the molecule is COc1ccc(C2=N/C(=C\c3csc(-c4ccc(Cl)cc4)n3)C(=O)O2)cc1. The fraction of sp³-hybridized carbons (Fsp3) is 0.0500. The molecule has 2 aromatic carbocycles. The maximum absolute atomic E-state index is 12.1. The lowest BCUT2D eigenvalue weighted by Gasteiger charge is -2.01. The number of halogens is 1. The zero-order valence-corrected chi connectivity index (χ0v) is 15.8. The number of nitrogens with zero attached hydrogens (tertiary/aromatic N) is 2. The molecule has 0 aliphatic carbocycles. The van der Waals surface area contributed by atoms with Gasteiger partial charge in [-0.15, -0.1) is 11.3 Å². The van der Waals surface area contributed by atoms with E-state index in [1.807, 2.05) is 29.6 Å². The van der Waals surface area contributed by atoms with Crippen LogP contribution in [0.25, 0.3) is 16.6 Å². The van der Waals surface area contributed by atoms with Crippen LogP contribution in [-0.2, 0) is 9.53 Å². The molecule has 4 rings (SSSR count). The highest BCUT2D eigenvalue weighted by atomic mass is 35.5. The zero-order valence-electron chi connectivity index (χ0n) is 14.2. The number of aromatic nitrogens is 1. The number of benzene rings is 2. The molecule has 1 aliphatic rings. The molecule has 0 saturated carbocycles. The van der Waals surface area contributed by atoms with Crippen LogP contribution in [-0.4, -0.2) is 24.0 Å². The van der Waals surface area contributed by atoms with Gasteiger partial charge in [0.2, 0.25) is 5.90 Å². The third-order valence-corrected chi connectivity index (χ3v) is 5.02. The molecule has 3 aromatic rings. The van der Waals surface area contributed by atoms with Crippen LogP contribution < -0.4 is 4.74 Å². The van der Waals surface area contributed by atoms with E-state index >= 15 is 0 Å². The monoisotopic (exact) mass is 396 g/mol. The van der Waals surface area contributed by atoms with E-state index in [1.54, 1.807) is 37.5 Å². The molecule has 5 nitrogen and oxygen atoms in total. The molecule has 0 bridgehead atoms. The van der Waals surface area contributed by atoms with E-state index in [-0.39, 0.29) is 11.6 Å². The molecular weight excluding hydrogens is 384 g/mol. The summed E-state index contributed by atoms with van der Waals surface area (Å²) in [5.74, 6) is 0.487. The van der Waals surface area contributed by atoms with Gasteiger partial charge in [0.1, 0.15) is 10.8 Å². The summed E-state index contributed by atoms with van der Waals surface area (Å²) in [5.41, 5.74) is 2.53. The van der Waals surface area contributed by atoms with Gasteiger partial charge in [0.05, 0.1) is 12.8 Å². The van der Waals surface area contributed by atoms with Gasteiger partial charge in [0.25, 0.3) is 0 Å². The average molecular weight is 397 g/mol. The van der Waals surface area contributed by atoms with Gasteiger partial charge in [-0.3, -0.25) is 0 Å². The van der Waals surface area contributed by atoms with E-state index in [9.17, 15) is 4.79 Å². The molecule has 27 heavy (non-hydrogen) atoms. The fourth-order valence-electron chi connectivity index (χ4n) is 2.48. The molecule has 0 spiro atoms. The third-order valence-electron chi connectivity index (χ3n) is 3.86. The molecule has 0 fully saturated rings. The van der Waals surface area contributed by atoms with E-state index in [0.29, 0.717) is 16.3 Å². The lowest BCUT2D eigenvalue weighted by molar-refractivity contribution is -0.129. The maximum Gasteiger partial charge on any atom is 0.363 e. The van der Waals surface area contributed by atoms with Gasteiger partial charge < -0.3 is 9.47 Å². The molecule has 0 saturated heterocycles. The second-order valence-corrected chi connectivity index (χ2v) is 6.94. The molecule has 0 atom stereocenters. The van der Waals surface area contributed by atoms with Crippen LogP contribution in [0.1, 0.15) is 11.3 Å². The second kappa shape index (κ2) is 7.34. The number of aliphatic imine (C=N–C) groups is 1. The number of carbonyl (C=O) groups is 1. The van der Waals surface area contributed by atoms with Crippen LogP contribution >= 0.6 is 22.9 Å². The summed E-state index contributed by atoms with van der Waals surface area (Å²) in [6, 6.07) is 14.6. The van der Waals surface area contributed by atoms with E-state index < -0.39 is 5.97 Å². The van der Waals surface area contributed by atoms with Crippen molar-refractivity contribution in [2.45, 2.75) is 0 Å². The first kappa shape index (κ1) is 17.5. The number of rotatable bonds is 4. The molecule has 0 radical (unpaired) electrons.